The molecule has 0 unspecified atom stereocenters. The first kappa shape index (κ1) is 12.2. The van der Waals surface area contributed by atoms with Gasteiger partial charge in [0.25, 0.3) is 0 Å². The summed E-state index contributed by atoms with van der Waals surface area (Å²) in [5, 5.41) is 0. The standard InChI is InChI=1S/C13H16N4O/c1-17(13-8-15-12(14)7-16-13)9-10-3-5-11(18-2)6-4-10/h3-8H,9H2,1-2H3,(H2,14,15). The van der Waals surface area contributed by atoms with Gasteiger partial charge in [0.1, 0.15) is 17.4 Å². The van der Waals surface area contributed by atoms with Crippen molar-refractivity contribution in [3.8, 4) is 5.75 Å². The van der Waals surface area contributed by atoms with Crippen molar-refractivity contribution in [3.05, 3.63) is 42.2 Å². The van der Waals surface area contributed by atoms with E-state index in [-0.39, 0.29) is 0 Å². The van der Waals surface area contributed by atoms with Crippen LogP contribution >= 0.6 is 0 Å². The summed E-state index contributed by atoms with van der Waals surface area (Å²) in [6, 6.07) is 7.94. The number of anilines is 2. The van der Waals surface area contributed by atoms with Gasteiger partial charge in [0, 0.05) is 13.6 Å². The first-order valence-electron chi connectivity index (χ1n) is 5.60. The topological polar surface area (TPSA) is 64.3 Å². The fourth-order valence-corrected chi connectivity index (χ4v) is 1.61. The second-order valence-electron chi connectivity index (χ2n) is 4.00. The zero-order valence-electron chi connectivity index (χ0n) is 10.5. The zero-order chi connectivity index (χ0) is 13.0. The SMILES string of the molecule is COc1ccc(CN(C)c2cnc(N)cn2)cc1. The normalized spacial score (nSPS) is 10.1. The monoisotopic (exact) mass is 244 g/mol. The van der Waals surface area contributed by atoms with Crippen LogP contribution in [0.15, 0.2) is 36.7 Å². The minimum absolute atomic E-state index is 0.427. The number of nitrogens with two attached hydrogens (primary N) is 1. The summed E-state index contributed by atoms with van der Waals surface area (Å²) in [6.07, 6.45) is 3.22. The van der Waals surface area contributed by atoms with Gasteiger partial charge in [0.2, 0.25) is 0 Å². The Hall–Kier alpha value is -2.30. The molecule has 94 valence electrons. The molecule has 1 heterocycles. The molecule has 0 fully saturated rings. The first-order chi connectivity index (χ1) is 8.69. The van der Waals surface area contributed by atoms with E-state index in [1.54, 1.807) is 19.5 Å². The van der Waals surface area contributed by atoms with Gasteiger partial charge < -0.3 is 15.4 Å². The highest BCUT2D eigenvalue weighted by atomic mass is 16.5. The lowest BCUT2D eigenvalue weighted by molar-refractivity contribution is 0.414. The fourth-order valence-electron chi connectivity index (χ4n) is 1.61. The van der Waals surface area contributed by atoms with E-state index in [2.05, 4.69) is 9.97 Å². The van der Waals surface area contributed by atoms with Crippen LogP contribution in [-0.2, 0) is 6.54 Å². The van der Waals surface area contributed by atoms with E-state index in [1.807, 2.05) is 36.2 Å². The molecule has 2 aromatic rings. The third-order valence-electron chi connectivity index (χ3n) is 2.63. The highest BCUT2D eigenvalue weighted by Gasteiger charge is 2.04. The van der Waals surface area contributed by atoms with Gasteiger partial charge in [0.05, 0.1) is 19.5 Å². The quantitative estimate of drug-likeness (QED) is 0.886. The highest BCUT2D eigenvalue weighted by molar-refractivity contribution is 5.40. The lowest BCUT2D eigenvalue weighted by Crippen LogP contribution is -2.17. The van der Waals surface area contributed by atoms with Gasteiger partial charge in [-0.05, 0) is 17.7 Å². The molecule has 0 aliphatic heterocycles. The lowest BCUT2D eigenvalue weighted by atomic mass is 10.2. The van der Waals surface area contributed by atoms with Gasteiger partial charge >= 0.3 is 0 Å². The van der Waals surface area contributed by atoms with Crippen molar-refractivity contribution < 1.29 is 4.74 Å². The maximum atomic E-state index is 5.51. The van der Waals surface area contributed by atoms with Crippen LogP contribution in [-0.4, -0.2) is 24.1 Å². The first-order valence-corrected chi connectivity index (χ1v) is 5.60. The molecule has 0 aliphatic rings. The highest BCUT2D eigenvalue weighted by Crippen LogP contribution is 2.15. The Morgan fingerprint density at radius 2 is 1.89 bits per heavy atom. The molecule has 0 amide bonds. The molecule has 5 heteroatoms. The number of nitrogens with zero attached hydrogens (tertiary/aromatic N) is 3. The molecule has 1 aromatic carbocycles. The summed E-state index contributed by atoms with van der Waals surface area (Å²) in [6.45, 7) is 0.753. The van der Waals surface area contributed by atoms with Gasteiger partial charge in [-0.3, -0.25) is 0 Å². The van der Waals surface area contributed by atoms with Crippen LogP contribution in [0.4, 0.5) is 11.6 Å². The fraction of sp³-hybridized carbons (Fsp3) is 0.231. The molecule has 0 saturated carbocycles. The van der Waals surface area contributed by atoms with Crippen molar-refractivity contribution >= 4 is 11.6 Å². The molecule has 0 atom stereocenters. The van der Waals surface area contributed by atoms with Crippen LogP contribution < -0.4 is 15.4 Å². The number of nitrogen functional groups attached to an aromatic ring is 1. The molecule has 0 spiro atoms. The zero-order valence-corrected chi connectivity index (χ0v) is 10.5. The molecule has 0 radical (unpaired) electrons. The molecule has 0 aliphatic carbocycles. The van der Waals surface area contributed by atoms with Crippen molar-refractivity contribution in [1.82, 2.24) is 9.97 Å². The summed E-state index contributed by atoms with van der Waals surface area (Å²) in [7, 11) is 3.62. The van der Waals surface area contributed by atoms with Gasteiger partial charge in [-0.15, -0.1) is 0 Å². The molecular formula is C13H16N4O. The molecule has 1 aromatic heterocycles. The lowest BCUT2D eigenvalue weighted by Gasteiger charge is -2.17. The smallest absolute Gasteiger partial charge is 0.147 e. The van der Waals surface area contributed by atoms with Gasteiger partial charge in [-0.2, -0.15) is 0 Å². The van der Waals surface area contributed by atoms with E-state index in [4.69, 9.17) is 10.5 Å². The van der Waals surface area contributed by atoms with Crippen molar-refractivity contribution in [2.75, 3.05) is 24.8 Å². The summed E-state index contributed by atoms with van der Waals surface area (Å²) >= 11 is 0. The van der Waals surface area contributed by atoms with Crippen LogP contribution in [0.25, 0.3) is 0 Å². The average Bonchev–Trinajstić information content (AvgIpc) is 2.40. The minimum atomic E-state index is 0.427. The van der Waals surface area contributed by atoms with Crippen LogP contribution in [0.5, 0.6) is 5.75 Å². The average molecular weight is 244 g/mol. The maximum Gasteiger partial charge on any atom is 0.147 e. The third kappa shape index (κ3) is 2.88. The Morgan fingerprint density at radius 3 is 2.44 bits per heavy atom. The molecule has 0 saturated heterocycles. The third-order valence-corrected chi connectivity index (χ3v) is 2.63. The number of aromatic nitrogens is 2. The predicted octanol–water partition coefficient (Wildman–Crippen LogP) is 1.70. The van der Waals surface area contributed by atoms with Gasteiger partial charge in [-0.1, -0.05) is 12.1 Å². The molecule has 5 nitrogen and oxygen atoms in total. The largest absolute Gasteiger partial charge is 0.497 e. The van der Waals surface area contributed by atoms with E-state index in [1.165, 1.54) is 5.56 Å². The number of benzene rings is 1. The number of methoxy groups -OCH3 is 1. The molecule has 2 N–H and O–H groups in total. The second kappa shape index (κ2) is 5.35. The van der Waals surface area contributed by atoms with Gasteiger partial charge in [0.15, 0.2) is 0 Å². The molecule has 0 bridgehead atoms. The van der Waals surface area contributed by atoms with Crippen LogP contribution in [0, 0.1) is 0 Å². The number of ether oxygens (including phenoxy) is 1. The van der Waals surface area contributed by atoms with E-state index in [0.717, 1.165) is 18.1 Å². The van der Waals surface area contributed by atoms with E-state index in [9.17, 15) is 0 Å². The van der Waals surface area contributed by atoms with E-state index < -0.39 is 0 Å². The summed E-state index contributed by atoms with van der Waals surface area (Å²) < 4.78 is 5.12. The van der Waals surface area contributed by atoms with Crippen molar-refractivity contribution in [2.24, 2.45) is 0 Å². The molecule has 18 heavy (non-hydrogen) atoms. The van der Waals surface area contributed by atoms with Crippen LogP contribution in [0.3, 0.4) is 0 Å². The summed E-state index contributed by atoms with van der Waals surface area (Å²) in [4.78, 5) is 10.3. The summed E-state index contributed by atoms with van der Waals surface area (Å²) in [5.41, 5.74) is 6.68. The second-order valence-corrected chi connectivity index (χ2v) is 4.00. The predicted molar refractivity (Wildman–Crippen MR) is 71.5 cm³/mol. The summed E-state index contributed by atoms with van der Waals surface area (Å²) in [5.74, 6) is 2.07. The maximum absolute atomic E-state index is 5.51. The Kier molecular flexibility index (Phi) is 3.62. The molecular weight excluding hydrogens is 228 g/mol. The van der Waals surface area contributed by atoms with E-state index >= 15 is 0 Å². The minimum Gasteiger partial charge on any atom is -0.497 e. The Bertz CT molecular complexity index is 495. The van der Waals surface area contributed by atoms with E-state index in [0.29, 0.717) is 5.82 Å². The van der Waals surface area contributed by atoms with Crippen molar-refractivity contribution in [1.29, 1.82) is 0 Å². The van der Waals surface area contributed by atoms with Crippen molar-refractivity contribution in [3.63, 3.8) is 0 Å². The molecule has 2 rings (SSSR count). The Labute approximate surface area is 106 Å². The Morgan fingerprint density at radius 1 is 1.17 bits per heavy atom. The Balaban J connectivity index is 2.05. The number of rotatable bonds is 4. The van der Waals surface area contributed by atoms with Crippen LogP contribution in [0.2, 0.25) is 0 Å². The van der Waals surface area contributed by atoms with Crippen molar-refractivity contribution in [2.45, 2.75) is 6.54 Å². The number of hydrogen-bond acceptors (Lipinski definition) is 5. The van der Waals surface area contributed by atoms with Gasteiger partial charge in [-0.25, -0.2) is 9.97 Å². The van der Waals surface area contributed by atoms with Crippen LogP contribution in [0.1, 0.15) is 5.56 Å². The number of hydrogen-bond donors (Lipinski definition) is 1.